The van der Waals surface area contributed by atoms with E-state index in [0.29, 0.717) is 17.2 Å². The third-order valence-corrected chi connectivity index (χ3v) is 4.36. The molecule has 1 fully saturated rings. The van der Waals surface area contributed by atoms with Gasteiger partial charge in [-0.25, -0.2) is 14.4 Å². The summed E-state index contributed by atoms with van der Waals surface area (Å²) < 4.78 is 13.0. The first-order valence-electron chi connectivity index (χ1n) is 8.33. The number of anilines is 2. The summed E-state index contributed by atoms with van der Waals surface area (Å²) in [6, 6.07) is 7.92. The van der Waals surface area contributed by atoms with E-state index in [4.69, 9.17) is 0 Å². The van der Waals surface area contributed by atoms with Crippen molar-refractivity contribution in [2.24, 2.45) is 0 Å². The Bertz CT molecular complexity index is 704. The molecule has 1 aliphatic heterocycles. The number of rotatable bonds is 4. The van der Waals surface area contributed by atoms with Gasteiger partial charge in [0.2, 0.25) is 0 Å². The lowest BCUT2D eigenvalue weighted by Gasteiger charge is -2.35. The highest BCUT2D eigenvalue weighted by Crippen LogP contribution is 2.22. The van der Waals surface area contributed by atoms with Crippen molar-refractivity contribution in [3.63, 3.8) is 0 Å². The fourth-order valence-electron chi connectivity index (χ4n) is 3.06. The van der Waals surface area contributed by atoms with Crippen LogP contribution in [0.1, 0.15) is 43.1 Å². The molecule has 1 aromatic heterocycles. The summed E-state index contributed by atoms with van der Waals surface area (Å²) in [6.45, 7) is 2.89. The fraction of sp³-hybridized carbons (Fsp3) is 0.389. The maximum Gasteiger partial charge on any atom is 0.272 e. The van der Waals surface area contributed by atoms with E-state index in [9.17, 15) is 9.18 Å². The summed E-state index contributed by atoms with van der Waals surface area (Å²) in [6.07, 6.45) is 5.59. The topological polar surface area (TPSA) is 58.1 Å². The molecular formula is C18H21FN4O. The van der Waals surface area contributed by atoms with Crippen molar-refractivity contribution in [3.05, 3.63) is 48.2 Å². The number of nitrogens with one attached hydrogen (secondary N) is 1. The normalized spacial score (nSPS) is 17.6. The zero-order valence-electron chi connectivity index (χ0n) is 13.7. The van der Waals surface area contributed by atoms with Crippen LogP contribution in [0, 0.1) is 5.82 Å². The second-order valence-corrected chi connectivity index (χ2v) is 5.98. The quantitative estimate of drug-likeness (QED) is 0.928. The molecule has 1 aromatic carbocycles. The summed E-state index contributed by atoms with van der Waals surface area (Å²) in [5.74, 6) is 0.172. The number of aromatic nitrogens is 2. The van der Waals surface area contributed by atoms with E-state index in [-0.39, 0.29) is 17.8 Å². The number of amides is 1. The Hall–Kier alpha value is -2.50. The summed E-state index contributed by atoms with van der Waals surface area (Å²) >= 11 is 0. The molecule has 1 unspecified atom stereocenters. The van der Waals surface area contributed by atoms with Gasteiger partial charge < -0.3 is 10.2 Å². The van der Waals surface area contributed by atoms with Crippen LogP contribution in [0.2, 0.25) is 0 Å². The highest BCUT2D eigenvalue weighted by molar-refractivity contribution is 5.93. The first kappa shape index (κ1) is 16.4. The maximum atomic E-state index is 13.0. The number of benzene rings is 1. The van der Waals surface area contributed by atoms with E-state index >= 15 is 0 Å². The second-order valence-electron chi connectivity index (χ2n) is 5.98. The Labute approximate surface area is 140 Å². The molecule has 1 aliphatic rings. The van der Waals surface area contributed by atoms with E-state index in [1.165, 1.54) is 24.9 Å². The lowest BCUT2D eigenvalue weighted by molar-refractivity contribution is 0.0602. The monoisotopic (exact) mass is 328 g/mol. The van der Waals surface area contributed by atoms with Gasteiger partial charge in [0.05, 0.1) is 0 Å². The number of carbonyl (C=O) groups is 1. The first-order chi connectivity index (χ1) is 11.7. The molecule has 0 aliphatic carbocycles. The molecule has 0 saturated carbocycles. The average molecular weight is 328 g/mol. The van der Waals surface area contributed by atoms with Crippen LogP contribution in [-0.2, 0) is 0 Å². The first-order valence-corrected chi connectivity index (χ1v) is 8.33. The van der Waals surface area contributed by atoms with Crippen LogP contribution in [0.4, 0.5) is 15.9 Å². The van der Waals surface area contributed by atoms with Crippen molar-refractivity contribution < 1.29 is 9.18 Å². The summed E-state index contributed by atoms with van der Waals surface area (Å²) in [5, 5.41) is 3.07. The van der Waals surface area contributed by atoms with Crippen molar-refractivity contribution in [1.82, 2.24) is 14.9 Å². The number of nitrogens with zero attached hydrogens (tertiary/aromatic N) is 3. The van der Waals surface area contributed by atoms with Gasteiger partial charge >= 0.3 is 0 Å². The SMILES string of the molecule is CCC1CCCCN1C(=O)c1cc(Nc2ccc(F)cc2)ncn1. The molecule has 3 rings (SSSR count). The van der Waals surface area contributed by atoms with Gasteiger partial charge in [-0.2, -0.15) is 0 Å². The molecule has 0 spiro atoms. The molecule has 24 heavy (non-hydrogen) atoms. The molecule has 0 bridgehead atoms. The molecule has 2 aromatic rings. The van der Waals surface area contributed by atoms with Crippen LogP contribution >= 0.6 is 0 Å². The molecule has 126 valence electrons. The van der Waals surface area contributed by atoms with Crippen molar-refractivity contribution in [3.8, 4) is 0 Å². The number of hydrogen-bond acceptors (Lipinski definition) is 4. The van der Waals surface area contributed by atoms with Crippen molar-refractivity contribution in [2.75, 3.05) is 11.9 Å². The Morgan fingerprint density at radius 1 is 1.29 bits per heavy atom. The minimum absolute atomic E-state index is 0.0499. The van der Waals surface area contributed by atoms with Crippen LogP contribution in [-0.4, -0.2) is 33.4 Å². The lowest BCUT2D eigenvalue weighted by Crippen LogP contribution is -2.43. The molecule has 2 heterocycles. The molecule has 1 amide bonds. The minimum Gasteiger partial charge on any atom is -0.340 e. The smallest absolute Gasteiger partial charge is 0.272 e. The lowest BCUT2D eigenvalue weighted by atomic mass is 9.99. The average Bonchev–Trinajstić information content (AvgIpc) is 2.63. The zero-order chi connectivity index (χ0) is 16.9. The minimum atomic E-state index is -0.296. The molecule has 0 radical (unpaired) electrons. The molecule has 6 heteroatoms. The summed E-state index contributed by atoms with van der Waals surface area (Å²) in [4.78, 5) is 23.0. The van der Waals surface area contributed by atoms with Gasteiger partial charge in [0.25, 0.3) is 5.91 Å². The van der Waals surface area contributed by atoms with Crippen LogP contribution < -0.4 is 5.32 Å². The highest BCUT2D eigenvalue weighted by atomic mass is 19.1. The Morgan fingerprint density at radius 2 is 2.08 bits per heavy atom. The third kappa shape index (κ3) is 3.69. The molecule has 5 nitrogen and oxygen atoms in total. The van der Waals surface area contributed by atoms with E-state index in [0.717, 1.165) is 25.8 Å². The van der Waals surface area contributed by atoms with Gasteiger partial charge in [-0.05, 0) is 49.9 Å². The molecular weight excluding hydrogens is 307 g/mol. The number of piperidine rings is 1. The predicted octanol–water partition coefficient (Wildman–Crippen LogP) is 3.76. The summed E-state index contributed by atoms with van der Waals surface area (Å²) in [7, 11) is 0. The van der Waals surface area contributed by atoms with E-state index in [2.05, 4.69) is 22.2 Å². The van der Waals surface area contributed by atoms with Crippen molar-refractivity contribution in [2.45, 2.75) is 38.6 Å². The number of halogens is 1. The predicted molar refractivity (Wildman–Crippen MR) is 90.7 cm³/mol. The second kappa shape index (κ2) is 7.38. The van der Waals surface area contributed by atoms with Crippen LogP contribution in [0.5, 0.6) is 0 Å². The zero-order valence-corrected chi connectivity index (χ0v) is 13.7. The highest BCUT2D eigenvalue weighted by Gasteiger charge is 2.27. The van der Waals surface area contributed by atoms with Gasteiger partial charge in [-0.1, -0.05) is 6.92 Å². The number of carbonyl (C=O) groups excluding carboxylic acids is 1. The standard InChI is InChI=1S/C18H21FN4O/c1-2-15-5-3-4-10-23(15)18(24)16-11-17(21-12-20-16)22-14-8-6-13(19)7-9-14/h6-9,11-12,15H,2-5,10H2,1H3,(H,20,21,22). The number of likely N-dealkylation sites (tertiary alicyclic amines) is 1. The van der Waals surface area contributed by atoms with E-state index in [1.807, 2.05) is 4.90 Å². The Kier molecular flexibility index (Phi) is 5.03. The molecule has 1 N–H and O–H groups in total. The Morgan fingerprint density at radius 3 is 2.83 bits per heavy atom. The van der Waals surface area contributed by atoms with Gasteiger partial charge in [-0.15, -0.1) is 0 Å². The molecule has 1 atom stereocenters. The van der Waals surface area contributed by atoms with Crippen LogP contribution in [0.3, 0.4) is 0 Å². The van der Waals surface area contributed by atoms with Gasteiger partial charge in [-0.3, -0.25) is 4.79 Å². The maximum absolute atomic E-state index is 13.0. The van der Waals surface area contributed by atoms with Crippen LogP contribution in [0.15, 0.2) is 36.7 Å². The van der Waals surface area contributed by atoms with Crippen LogP contribution in [0.25, 0.3) is 0 Å². The fourth-order valence-corrected chi connectivity index (χ4v) is 3.06. The van der Waals surface area contributed by atoms with Crippen molar-refractivity contribution >= 4 is 17.4 Å². The van der Waals surface area contributed by atoms with Gasteiger partial charge in [0.15, 0.2) is 0 Å². The Balaban J connectivity index is 1.76. The van der Waals surface area contributed by atoms with Crippen molar-refractivity contribution in [1.29, 1.82) is 0 Å². The largest absolute Gasteiger partial charge is 0.340 e. The summed E-state index contributed by atoms with van der Waals surface area (Å²) in [5.41, 5.74) is 1.09. The third-order valence-electron chi connectivity index (χ3n) is 4.36. The molecule has 1 saturated heterocycles. The number of hydrogen-bond donors (Lipinski definition) is 1. The van der Waals surface area contributed by atoms with Gasteiger partial charge in [0.1, 0.15) is 23.7 Å². The van der Waals surface area contributed by atoms with E-state index < -0.39 is 0 Å². The van der Waals surface area contributed by atoms with Gasteiger partial charge in [0, 0.05) is 24.3 Å². The van der Waals surface area contributed by atoms with E-state index in [1.54, 1.807) is 18.2 Å².